The Morgan fingerprint density at radius 3 is 2.20 bits per heavy atom. The van der Waals surface area contributed by atoms with Gasteiger partial charge in [0.2, 0.25) is 0 Å². The van der Waals surface area contributed by atoms with Gasteiger partial charge in [-0.2, -0.15) is 13.2 Å². The van der Waals surface area contributed by atoms with Crippen molar-refractivity contribution in [3.05, 3.63) is 35.4 Å². The summed E-state index contributed by atoms with van der Waals surface area (Å²) in [6.45, 7) is 0. The van der Waals surface area contributed by atoms with Crippen LogP contribution >= 0.6 is 11.6 Å². The molecule has 0 saturated carbocycles. The maximum absolute atomic E-state index is 12.2. The van der Waals surface area contributed by atoms with Gasteiger partial charge in [-0.05, 0) is 24.1 Å². The van der Waals surface area contributed by atoms with Gasteiger partial charge in [0.15, 0.2) is 0 Å². The molecule has 0 heterocycles. The van der Waals surface area contributed by atoms with E-state index in [1.165, 1.54) is 12.1 Å². The van der Waals surface area contributed by atoms with E-state index in [0.717, 1.165) is 12.1 Å². The van der Waals surface area contributed by atoms with E-state index in [1.807, 2.05) is 0 Å². The Balaban J connectivity index is 2.77. The average molecular weight is 237 g/mol. The summed E-state index contributed by atoms with van der Waals surface area (Å²) < 4.78 is 36.5. The lowest BCUT2D eigenvalue weighted by Gasteiger charge is -2.07. The molecule has 0 N–H and O–H groups in total. The zero-order chi connectivity index (χ0) is 11.5. The van der Waals surface area contributed by atoms with E-state index in [0.29, 0.717) is 11.8 Å². The van der Waals surface area contributed by atoms with Crippen molar-refractivity contribution in [1.82, 2.24) is 0 Å². The lowest BCUT2D eigenvalue weighted by molar-refractivity contribution is -0.137. The number of aldehydes is 1. The summed E-state index contributed by atoms with van der Waals surface area (Å²) in [6.07, 6.45) is -3.54. The second-order valence-electron chi connectivity index (χ2n) is 3.05. The molecule has 0 spiro atoms. The Hall–Kier alpha value is -1.03. The average Bonchev–Trinajstić information content (AvgIpc) is 2.17. The molecule has 82 valence electrons. The molecule has 0 bridgehead atoms. The normalized spacial score (nSPS) is 13.6. The molecule has 0 aliphatic rings. The summed E-state index contributed by atoms with van der Waals surface area (Å²) in [6, 6.07) is 4.59. The molecular weight excluding hydrogens is 229 g/mol. The summed E-state index contributed by atoms with van der Waals surface area (Å²) in [7, 11) is 0. The van der Waals surface area contributed by atoms with Crippen molar-refractivity contribution >= 4 is 17.9 Å². The van der Waals surface area contributed by atoms with E-state index in [2.05, 4.69) is 0 Å². The van der Waals surface area contributed by atoms with Crippen LogP contribution in [0.1, 0.15) is 11.1 Å². The van der Waals surface area contributed by atoms with Crippen molar-refractivity contribution in [2.75, 3.05) is 0 Å². The van der Waals surface area contributed by atoms with Crippen LogP contribution in [0.25, 0.3) is 0 Å². The molecule has 0 aromatic heterocycles. The highest BCUT2D eigenvalue weighted by Gasteiger charge is 2.29. The summed E-state index contributed by atoms with van der Waals surface area (Å²) >= 11 is 5.54. The van der Waals surface area contributed by atoms with E-state index < -0.39 is 17.1 Å². The quantitative estimate of drug-likeness (QED) is 0.582. The summed E-state index contributed by atoms with van der Waals surface area (Å²) in [5.41, 5.74) is -0.0985. The van der Waals surface area contributed by atoms with E-state index >= 15 is 0 Å². The Kier molecular flexibility index (Phi) is 3.74. The van der Waals surface area contributed by atoms with Crippen molar-refractivity contribution in [3.8, 4) is 0 Å². The van der Waals surface area contributed by atoms with Gasteiger partial charge in [0.25, 0.3) is 0 Å². The molecule has 0 aliphatic carbocycles. The van der Waals surface area contributed by atoms with Crippen molar-refractivity contribution in [1.29, 1.82) is 0 Å². The molecule has 0 fully saturated rings. The molecule has 0 amide bonds. The smallest absolute Gasteiger partial charge is 0.302 e. The van der Waals surface area contributed by atoms with Gasteiger partial charge in [0, 0.05) is 0 Å². The SMILES string of the molecule is O=C[C@@H](Cl)Cc1ccc(C(F)(F)F)cc1. The van der Waals surface area contributed by atoms with Gasteiger partial charge in [-0.15, -0.1) is 11.6 Å². The second-order valence-corrected chi connectivity index (χ2v) is 3.61. The van der Waals surface area contributed by atoms with Gasteiger partial charge in [0.1, 0.15) is 6.29 Å². The lowest BCUT2D eigenvalue weighted by atomic mass is 10.1. The monoisotopic (exact) mass is 236 g/mol. The number of benzene rings is 1. The molecule has 0 radical (unpaired) electrons. The minimum Gasteiger partial charge on any atom is -0.302 e. The first-order valence-electron chi connectivity index (χ1n) is 4.19. The third-order valence-corrected chi connectivity index (χ3v) is 2.12. The maximum atomic E-state index is 12.2. The van der Waals surface area contributed by atoms with Crippen molar-refractivity contribution in [2.24, 2.45) is 0 Å². The van der Waals surface area contributed by atoms with Crippen LogP contribution in [0.5, 0.6) is 0 Å². The maximum Gasteiger partial charge on any atom is 0.416 e. The van der Waals surface area contributed by atoms with Crippen LogP contribution in [0, 0.1) is 0 Å². The van der Waals surface area contributed by atoms with Gasteiger partial charge < -0.3 is 4.79 Å². The second kappa shape index (κ2) is 4.66. The Morgan fingerprint density at radius 1 is 1.27 bits per heavy atom. The molecule has 0 aliphatic heterocycles. The fourth-order valence-corrected chi connectivity index (χ4v) is 1.28. The number of carbonyl (C=O) groups is 1. The van der Waals surface area contributed by atoms with Crippen LogP contribution in [0.4, 0.5) is 13.2 Å². The molecule has 1 aromatic rings. The first kappa shape index (κ1) is 12.0. The fraction of sp³-hybridized carbons (Fsp3) is 0.300. The zero-order valence-electron chi connectivity index (χ0n) is 7.59. The topological polar surface area (TPSA) is 17.1 Å². The van der Waals surface area contributed by atoms with Gasteiger partial charge >= 0.3 is 6.18 Å². The van der Waals surface area contributed by atoms with Crippen LogP contribution in [-0.2, 0) is 17.4 Å². The summed E-state index contributed by atoms with van der Waals surface area (Å²) in [4.78, 5) is 10.2. The number of halogens is 4. The number of hydrogen-bond donors (Lipinski definition) is 0. The first-order valence-corrected chi connectivity index (χ1v) is 4.62. The van der Waals surface area contributed by atoms with E-state index in [9.17, 15) is 18.0 Å². The third-order valence-electron chi connectivity index (χ3n) is 1.86. The Bertz CT molecular complexity index is 332. The summed E-state index contributed by atoms with van der Waals surface area (Å²) in [5.74, 6) is 0. The molecule has 1 nitrogen and oxygen atoms in total. The molecule has 5 heteroatoms. The molecule has 0 saturated heterocycles. The van der Waals surface area contributed by atoms with Crippen molar-refractivity contribution in [2.45, 2.75) is 18.0 Å². The Morgan fingerprint density at radius 2 is 1.80 bits per heavy atom. The van der Waals surface area contributed by atoms with Crippen LogP contribution in [0.15, 0.2) is 24.3 Å². The van der Waals surface area contributed by atoms with Gasteiger partial charge in [-0.25, -0.2) is 0 Å². The molecular formula is C10H8ClF3O. The van der Waals surface area contributed by atoms with Gasteiger partial charge in [0.05, 0.1) is 10.9 Å². The van der Waals surface area contributed by atoms with Gasteiger partial charge in [-0.3, -0.25) is 0 Å². The first-order chi connectivity index (χ1) is 6.93. The predicted molar refractivity (Wildman–Crippen MR) is 50.9 cm³/mol. The molecule has 1 aromatic carbocycles. The lowest BCUT2D eigenvalue weighted by Crippen LogP contribution is -2.07. The summed E-state index contributed by atoms with van der Waals surface area (Å²) in [5, 5.41) is -0.693. The fourth-order valence-electron chi connectivity index (χ4n) is 1.10. The number of hydrogen-bond acceptors (Lipinski definition) is 1. The highest BCUT2D eigenvalue weighted by Crippen LogP contribution is 2.29. The Labute approximate surface area is 89.9 Å². The molecule has 0 unspecified atom stereocenters. The highest BCUT2D eigenvalue weighted by molar-refractivity contribution is 6.27. The molecule has 15 heavy (non-hydrogen) atoms. The number of alkyl halides is 4. The predicted octanol–water partition coefficient (Wildman–Crippen LogP) is 3.05. The van der Waals surface area contributed by atoms with Crippen LogP contribution < -0.4 is 0 Å². The van der Waals surface area contributed by atoms with Crippen molar-refractivity contribution < 1.29 is 18.0 Å². The van der Waals surface area contributed by atoms with E-state index in [1.54, 1.807) is 0 Å². The number of carbonyl (C=O) groups excluding carboxylic acids is 1. The molecule has 1 rings (SSSR count). The van der Waals surface area contributed by atoms with Crippen LogP contribution in [0.2, 0.25) is 0 Å². The largest absolute Gasteiger partial charge is 0.416 e. The van der Waals surface area contributed by atoms with Crippen LogP contribution in [0.3, 0.4) is 0 Å². The van der Waals surface area contributed by atoms with E-state index in [-0.39, 0.29) is 6.42 Å². The standard InChI is InChI=1S/C10H8ClF3O/c11-9(6-15)5-7-1-3-8(4-2-7)10(12,13)14/h1-4,6,9H,5H2/t9-/m0/s1. The molecule has 1 atom stereocenters. The highest BCUT2D eigenvalue weighted by atomic mass is 35.5. The van der Waals surface area contributed by atoms with E-state index in [4.69, 9.17) is 11.6 Å². The minimum atomic E-state index is -4.33. The van der Waals surface area contributed by atoms with Gasteiger partial charge in [-0.1, -0.05) is 12.1 Å². The number of rotatable bonds is 3. The zero-order valence-corrected chi connectivity index (χ0v) is 8.35. The van der Waals surface area contributed by atoms with Crippen molar-refractivity contribution in [3.63, 3.8) is 0 Å². The third kappa shape index (κ3) is 3.55. The minimum absolute atomic E-state index is 0.239. The van der Waals surface area contributed by atoms with Crippen LogP contribution in [-0.4, -0.2) is 11.7 Å².